The fourth-order valence-electron chi connectivity index (χ4n) is 5.08. The van der Waals surface area contributed by atoms with Crippen LogP contribution in [0.25, 0.3) is 10.8 Å². The molecule has 0 fully saturated rings. The van der Waals surface area contributed by atoms with Crippen LogP contribution in [-0.4, -0.2) is 25.9 Å². The smallest absolute Gasteiger partial charge is 0.126 e. The third-order valence-electron chi connectivity index (χ3n) is 6.90. The van der Waals surface area contributed by atoms with Crippen molar-refractivity contribution in [3.63, 3.8) is 0 Å². The molecule has 0 aliphatic heterocycles. The molecule has 8 heteroatoms. The molecule has 0 saturated carbocycles. The lowest BCUT2D eigenvalue weighted by molar-refractivity contribution is 0.446. The van der Waals surface area contributed by atoms with E-state index in [1.54, 1.807) is 18.2 Å². The molecule has 0 aliphatic carbocycles. The molecule has 36 heavy (non-hydrogen) atoms. The van der Waals surface area contributed by atoms with E-state index < -0.39 is 30.0 Å². The first-order valence-electron chi connectivity index (χ1n) is 13.6. The Morgan fingerprint density at radius 3 is 1.36 bits per heavy atom. The molecule has 204 valence electrons. The Kier molecular flexibility index (Phi) is 12.9. The summed E-state index contributed by atoms with van der Waals surface area (Å²) in [6.07, 6.45) is 15.4. The number of benzene rings is 2. The van der Waals surface area contributed by atoms with E-state index in [0.29, 0.717) is 23.8 Å². The van der Waals surface area contributed by atoms with Crippen molar-refractivity contribution in [2.75, 3.05) is 0 Å². The second-order valence-corrected chi connectivity index (χ2v) is 12.4. The molecular formula is C28H42O6S2-2. The van der Waals surface area contributed by atoms with E-state index in [4.69, 9.17) is 0 Å². The van der Waals surface area contributed by atoms with Gasteiger partial charge in [-0.1, -0.05) is 115 Å². The molecule has 0 N–H and O–H groups in total. The fourth-order valence-corrected chi connectivity index (χ4v) is 7.36. The summed E-state index contributed by atoms with van der Waals surface area (Å²) in [7, 11) is -10.4. The molecule has 0 amide bonds. The molecule has 2 rings (SSSR count). The van der Waals surface area contributed by atoms with E-state index in [1.165, 1.54) is 31.7 Å². The molecule has 0 unspecified atom stereocenters. The molecule has 0 saturated heterocycles. The summed E-state index contributed by atoms with van der Waals surface area (Å²) in [6.45, 7) is 4.32. The van der Waals surface area contributed by atoms with Gasteiger partial charge in [0.15, 0.2) is 0 Å². The first-order valence-corrected chi connectivity index (χ1v) is 16.4. The van der Waals surface area contributed by atoms with Crippen LogP contribution in [0.3, 0.4) is 0 Å². The van der Waals surface area contributed by atoms with Crippen molar-refractivity contribution < 1.29 is 25.9 Å². The fraction of sp³-hybridized carbons (Fsp3) is 0.643. The first-order chi connectivity index (χ1) is 17.1. The van der Waals surface area contributed by atoms with Crippen LogP contribution in [0.4, 0.5) is 0 Å². The lowest BCUT2D eigenvalue weighted by Crippen LogP contribution is -2.15. The zero-order valence-corrected chi connectivity index (χ0v) is 23.5. The number of rotatable bonds is 18. The van der Waals surface area contributed by atoms with Gasteiger partial charge in [-0.15, -0.1) is 0 Å². The van der Waals surface area contributed by atoms with Gasteiger partial charge in [0.2, 0.25) is 0 Å². The van der Waals surface area contributed by atoms with E-state index in [0.717, 1.165) is 57.8 Å². The molecule has 0 radical (unpaired) electrons. The lowest BCUT2D eigenvalue weighted by atomic mass is 9.91. The predicted octanol–water partition coefficient (Wildman–Crippen LogP) is 7.23. The molecule has 0 aromatic heterocycles. The standard InChI is InChI=1S/C28H44O6S2/c1-3-5-7-9-11-13-15-19-23-24-20-17-18-22-26(24)28(36(32,33)34)27(35(29,30)31)25(23)21-16-14-12-10-8-6-4-2/h17-18,20,22H,3-16,19,21H2,1-2H3,(H,29,30,31)(H,32,33,34)/p-2. The molecule has 0 bridgehead atoms. The Balaban J connectivity index is 2.46. The van der Waals surface area contributed by atoms with E-state index in [9.17, 15) is 25.9 Å². The highest BCUT2D eigenvalue weighted by Gasteiger charge is 2.26. The van der Waals surface area contributed by atoms with E-state index in [2.05, 4.69) is 13.8 Å². The van der Waals surface area contributed by atoms with Gasteiger partial charge in [0, 0.05) is 5.39 Å². The van der Waals surface area contributed by atoms with Crippen LogP contribution < -0.4 is 0 Å². The highest BCUT2D eigenvalue weighted by Crippen LogP contribution is 2.38. The maximum atomic E-state index is 12.4. The Bertz CT molecular complexity index is 1170. The maximum absolute atomic E-state index is 12.4. The van der Waals surface area contributed by atoms with Crippen molar-refractivity contribution in [3.8, 4) is 0 Å². The zero-order valence-electron chi connectivity index (χ0n) is 21.9. The molecule has 0 heterocycles. The second-order valence-electron chi connectivity index (χ2n) is 9.81. The van der Waals surface area contributed by atoms with E-state index in [1.807, 2.05) is 0 Å². The van der Waals surface area contributed by atoms with Crippen molar-refractivity contribution in [2.45, 2.75) is 126 Å². The van der Waals surface area contributed by atoms with Gasteiger partial charge in [-0.05, 0) is 42.2 Å². The summed E-state index contributed by atoms with van der Waals surface area (Å²) in [6, 6.07) is 6.48. The third kappa shape index (κ3) is 9.12. The molecule has 2 aromatic rings. The molecular weight excluding hydrogens is 496 g/mol. The van der Waals surface area contributed by atoms with Crippen LogP contribution in [0.1, 0.15) is 115 Å². The number of unbranched alkanes of at least 4 members (excludes halogenated alkanes) is 12. The molecule has 6 nitrogen and oxygen atoms in total. The largest absolute Gasteiger partial charge is 0.744 e. The van der Waals surface area contributed by atoms with Gasteiger partial charge in [-0.2, -0.15) is 0 Å². The average molecular weight is 539 g/mol. The van der Waals surface area contributed by atoms with Crippen molar-refractivity contribution >= 4 is 31.0 Å². The van der Waals surface area contributed by atoms with Crippen LogP contribution >= 0.6 is 0 Å². The first kappa shape index (κ1) is 30.7. The third-order valence-corrected chi connectivity index (χ3v) is 8.91. The van der Waals surface area contributed by atoms with Gasteiger partial charge in [0.25, 0.3) is 0 Å². The monoisotopic (exact) mass is 538 g/mol. The number of hydrogen-bond acceptors (Lipinski definition) is 6. The van der Waals surface area contributed by atoms with Gasteiger partial charge in [0.05, 0.1) is 9.79 Å². The normalized spacial score (nSPS) is 12.4. The summed E-state index contributed by atoms with van der Waals surface area (Å²) in [4.78, 5) is -1.70. The second kappa shape index (κ2) is 15.1. The summed E-state index contributed by atoms with van der Waals surface area (Å²) < 4.78 is 74.2. The van der Waals surface area contributed by atoms with Crippen molar-refractivity contribution in [2.24, 2.45) is 0 Å². The Labute approximate surface area is 218 Å². The summed E-state index contributed by atoms with van der Waals surface area (Å²) in [5.41, 5.74) is 0.935. The average Bonchev–Trinajstić information content (AvgIpc) is 2.81. The van der Waals surface area contributed by atoms with Gasteiger partial charge in [-0.3, -0.25) is 0 Å². The van der Waals surface area contributed by atoms with Crippen molar-refractivity contribution in [1.82, 2.24) is 0 Å². The minimum atomic E-state index is -5.20. The molecule has 2 aromatic carbocycles. The van der Waals surface area contributed by atoms with E-state index in [-0.39, 0.29) is 17.4 Å². The van der Waals surface area contributed by atoms with Crippen LogP contribution in [0.15, 0.2) is 34.1 Å². The van der Waals surface area contributed by atoms with Gasteiger partial charge >= 0.3 is 0 Å². The summed E-state index contributed by atoms with van der Waals surface area (Å²) >= 11 is 0. The van der Waals surface area contributed by atoms with Crippen LogP contribution in [0.5, 0.6) is 0 Å². The van der Waals surface area contributed by atoms with Crippen LogP contribution in [-0.2, 0) is 33.1 Å². The maximum Gasteiger partial charge on any atom is 0.126 e. The molecule has 0 atom stereocenters. The molecule has 0 spiro atoms. The minimum absolute atomic E-state index is 0.0307. The quantitative estimate of drug-likeness (QED) is 0.146. The highest BCUT2D eigenvalue weighted by atomic mass is 32.2. The van der Waals surface area contributed by atoms with Gasteiger partial charge in [0.1, 0.15) is 20.2 Å². The van der Waals surface area contributed by atoms with Gasteiger partial charge in [-0.25, -0.2) is 16.8 Å². The minimum Gasteiger partial charge on any atom is -0.744 e. The molecule has 0 aliphatic rings. The Hall–Kier alpha value is -1.48. The van der Waals surface area contributed by atoms with Crippen LogP contribution in [0.2, 0.25) is 0 Å². The Morgan fingerprint density at radius 2 is 0.917 bits per heavy atom. The number of hydrogen-bond donors (Lipinski definition) is 0. The van der Waals surface area contributed by atoms with Crippen LogP contribution in [0, 0.1) is 0 Å². The highest BCUT2D eigenvalue weighted by molar-refractivity contribution is 7.89. The van der Waals surface area contributed by atoms with Crippen molar-refractivity contribution in [1.29, 1.82) is 0 Å². The van der Waals surface area contributed by atoms with Gasteiger partial charge < -0.3 is 9.11 Å². The summed E-state index contributed by atoms with van der Waals surface area (Å²) in [5, 5.41) is 0.589. The Morgan fingerprint density at radius 1 is 0.528 bits per heavy atom. The van der Waals surface area contributed by atoms with Crippen molar-refractivity contribution in [3.05, 3.63) is 35.4 Å². The predicted molar refractivity (Wildman–Crippen MR) is 143 cm³/mol. The van der Waals surface area contributed by atoms with E-state index >= 15 is 0 Å². The SMILES string of the molecule is CCCCCCCCCc1c(S(=O)(=O)[O-])c(S(=O)(=O)[O-])c2ccccc2c1CCCCCCCCC. The lowest BCUT2D eigenvalue weighted by Gasteiger charge is -2.25. The topological polar surface area (TPSA) is 114 Å². The number of aryl methyl sites for hydroxylation is 1. The number of fused-ring (bicyclic) bond motifs is 1. The summed E-state index contributed by atoms with van der Waals surface area (Å²) in [5.74, 6) is 0. The zero-order chi connectivity index (χ0) is 26.6.